The van der Waals surface area contributed by atoms with E-state index < -0.39 is 35.0 Å². The number of carboxylic acid groups (broad SMARTS) is 1. The molecule has 0 aliphatic rings. The van der Waals surface area contributed by atoms with Crippen LogP contribution in [0.3, 0.4) is 0 Å². The van der Waals surface area contributed by atoms with E-state index in [1.807, 2.05) is 0 Å². The van der Waals surface area contributed by atoms with E-state index in [4.69, 9.17) is 5.11 Å². The summed E-state index contributed by atoms with van der Waals surface area (Å²) in [6, 6.07) is 1.53. The number of halogens is 6. The van der Waals surface area contributed by atoms with Crippen molar-refractivity contribution >= 4 is 12.0 Å². The minimum absolute atomic E-state index is 0.222. The summed E-state index contributed by atoms with van der Waals surface area (Å²) in [4.78, 5) is 10.2. The Hall–Kier alpha value is -1.99. The molecule has 1 aromatic carbocycles. The average Bonchev–Trinajstić information content (AvgIpc) is 2.23. The third-order valence-electron chi connectivity index (χ3n) is 2.11. The smallest absolute Gasteiger partial charge is 0.417 e. The lowest BCUT2D eigenvalue weighted by molar-refractivity contribution is -0.143. The molecule has 0 unspecified atom stereocenters. The fourth-order valence-electron chi connectivity index (χ4n) is 1.39. The fourth-order valence-corrected chi connectivity index (χ4v) is 1.39. The number of benzene rings is 1. The third-order valence-corrected chi connectivity index (χ3v) is 2.11. The molecular weight excluding hydrogens is 278 g/mol. The maximum Gasteiger partial charge on any atom is 0.417 e. The molecule has 8 heteroatoms. The monoisotopic (exact) mass is 284 g/mol. The van der Waals surface area contributed by atoms with Crippen molar-refractivity contribution in [3.8, 4) is 0 Å². The van der Waals surface area contributed by atoms with Crippen LogP contribution in [0.2, 0.25) is 0 Å². The summed E-state index contributed by atoms with van der Waals surface area (Å²) < 4.78 is 75.6. The number of hydrogen-bond acceptors (Lipinski definition) is 1. The molecule has 0 fully saturated rings. The van der Waals surface area contributed by atoms with Crippen LogP contribution in [-0.4, -0.2) is 11.1 Å². The van der Waals surface area contributed by atoms with Crippen molar-refractivity contribution in [2.75, 3.05) is 0 Å². The van der Waals surface area contributed by atoms with Gasteiger partial charge >= 0.3 is 18.3 Å². The van der Waals surface area contributed by atoms with Crippen LogP contribution in [-0.2, 0) is 17.1 Å². The Labute approximate surface area is 103 Å². The van der Waals surface area contributed by atoms with E-state index in [0.717, 1.165) is 0 Å². The van der Waals surface area contributed by atoms with Crippen LogP contribution in [0.4, 0.5) is 26.3 Å². The Bertz CT molecular complexity index is 481. The zero-order valence-electron chi connectivity index (χ0n) is 9.01. The molecule has 1 N–H and O–H groups in total. The number of alkyl halides is 6. The van der Waals surface area contributed by atoms with Gasteiger partial charge in [0.1, 0.15) is 0 Å². The van der Waals surface area contributed by atoms with Crippen molar-refractivity contribution in [2.24, 2.45) is 0 Å². The van der Waals surface area contributed by atoms with E-state index in [1.165, 1.54) is 0 Å². The van der Waals surface area contributed by atoms with Crippen LogP contribution >= 0.6 is 0 Å². The summed E-state index contributed by atoms with van der Waals surface area (Å²) in [6.07, 6.45) is -9.52. The first-order valence-corrected chi connectivity index (χ1v) is 4.72. The van der Waals surface area contributed by atoms with Crippen LogP contribution in [0, 0.1) is 0 Å². The minimum Gasteiger partial charge on any atom is -0.478 e. The van der Waals surface area contributed by atoms with Crippen molar-refractivity contribution in [3.63, 3.8) is 0 Å². The molecular formula is C11H6F6O2. The second-order valence-electron chi connectivity index (χ2n) is 3.43. The molecule has 0 aliphatic carbocycles. The fraction of sp³-hybridized carbons (Fsp3) is 0.182. The first-order chi connectivity index (χ1) is 8.53. The summed E-state index contributed by atoms with van der Waals surface area (Å²) in [6.45, 7) is 0. The second kappa shape index (κ2) is 4.94. The maximum atomic E-state index is 12.6. The molecule has 0 heterocycles. The zero-order chi connectivity index (χ0) is 14.8. The molecule has 19 heavy (non-hydrogen) atoms. The number of carboxylic acids is 1. The van der Waals surface area contributed by atoms with Gasteiger partial charge in [0.05, 0.1) is 11.1 Å². The van der Waals surface area contributed by atoms with Gasteiger partial charge in [-0.25, -0.2) is 4.79 Å². The number of aliphatic carboxylic acids is 1. The van der Waals surface area contributed by atoms with Crippen molar-refractivity contribution in [2.45, 2.75) is 12.4 Å². The van der Waals surface area contributed by atoms with E-state index in [0.29, 0.717) is 18.2 Å². The summed E-state index contributed by atoms with van der Waals surface area (Å²) in [5.74, 6) is -1.65. The molecule has 0 radical (unpaired) electrons. The van der Waals surface area contributed by atoms with Crippen molar-refractivity contribution in [1.29, 1.82) is 0 Å². The highest BCUT2D eigenvalue weighted by Crippen LogP contribution is 2.39. The lowest BCUT2D eigenvalue weighted by Crippen LogP contribution is -2.14. The molecule has 1 rings (SSSR count). The Morgan fingerprint density at radius 3 is 1.74 bits per heavy atom. The van der Waals surface area contributed by atoms with E-state index in [-0.39, 0.29) is 12.2 Å². The number of rotatable bonds is 2. The average molecular weight is 284 g/mol. The minimum atomic E-state index is -5.01. The number of hydrogen-bond donors (Lipinski definition) is 1. The van der Waals surface area contributed by atoms with Crippen LogP contribution in [0.1, 0.15) is 16.7 Å². The second-order valence-corrected chi connectivity index (χ2v) is 3.43. The summed E-state index contributed by atoms with van der Waals surface area (Å²) >= 11 is 0. The van der Waals surface area contributed by atoms with E-state index in [9.17, 15) is 31.1 Å². The quantitative estimate of drug-likeness (QED) is 0.662. The Morgan fingerprint density at radius 2 is 1.42 bits per heavy atom. The topological polar surface area (TPSA) is 37.3 Å². The van der Waals surface area contributed by atoms with Crippen LogP contribution in [0.25, 0.3) is 6.08 Å². The van der Waals surface area contributed by atoms with Gasteiger partial charge in [-0.1, -0.05) is 6.07 Å². The van der Waals surface area contributed by atoms with Gasteiger partial charge in [0, 0.05) is 6.08 Å². The molecule has 104 valence electrons. The SMILES string of the molecule is O=C(O)/C=C/c1c(C(F)(F)F)cccc1C(F)(F)F. The van der Waals surface area contributed by atoms with Gasteiger partial charge in [0.15, 0.2) is 0 Å². The van der Waals surface area contributed by atoms with Gasteiger partial charge in [0.25, 0.3) is 0 Å². The van der Waals surface area contributed by atoms with Gasteiger partial charge in [-0.15, -0.1) is 0 Å². The predicted octanol–water partition coefficient (Wildman–Crippen LogP) is 3.82. The highest BCUT2D eigenvalue weighted by molar-refractivity contribution is 5.86. The highest BCUT2D eigenvalue weighted by atomic mass is 19.4. The molecule has 0 aromatic heterocycles. The standard InChI is InChI=1S/C11H6F6O2/c12-10(13,14)7-2-1-3-8(11(15,16)17)6(7)4-5-9(18)19/h1-5H,(H,18,19)/b5-4+. The van der Waals surface area contributed by atoms with Gasteiger partial charge in [-0.2, -0.15) is 26.3 Å². The summed E-state index contributed by atoms with van der Waals surface area (Å²) in [7, 11) is 0. The normalized spacial score (nSPS) is 12.9. The molecule has 0 amide bonds. The molecule has 0 saturated carbocycles. The summed E-state index contributed by atoms with van der Waals surface area (Å²) in [5.41, 5.74) is -4.30. The van der Waals surface area contributed by atoms with Crippen LogP contribution in [0.5, 0.6) is 0 Å². The third kappa shape index (κ3) is 3.73. The van der Waals surface area contributed by atoms with Gasteiger partial charge in [0.2, 0.25) is 0 Å². The van der Waals surface area contributed by atoms with E-state index in [2.05, 4.69) is 0 Å². The van der Waals surface area contributed by atoms with Crippen molar-refractivity contribution in [3.05, 3.63) is 41.0 Å². The van der Waals surface area contributed by atoms with Gasteiger partial charge < -0.3 is 5.11 Å². The van der Waals surface area contributed by atoms with Crippen LogP contribution < -0.4 is 0 Å². The van der Waals surface area contributed by atoms with Crippen molar-refractivity contribution < 1.29 is 36.2 Å². The molecule has 0 bridgehead atoms. The van der Waals surface area contributed by atoms with Gasteiger partial charge in [-0.05, 0) is 23.8 Å². The van der Waals surface area contributed by atoms with E-state index in [1.54, 1.807) is 0 Å². The van der Waals surface area contributed by atoms with Crippen LogP contribution in [0.15, 0.2) is 24.3 Å². The highest BCUT2D eigenvalue weighted by Gasteiger charge is 2.39. The molecule has 0 spiro atoms. The Balaban J connectivity index is 3.55. The molecule has 2 nitrogen and oxygen atoms in total. The molecule has 0 saturated heterocycles. The van der Waals surface area contributed by atoms with E-state index >= 15 is 0 Å². The Morgan fingerprint density at radius 1 is 1.00 bits per heavy atom. The largest absolute Gasteiger partial charge is 0.478 e. The summed E-state index contributed by atoms with van der Waals surface area (Å²) in [5, 5.41) is 8.31. The molecule has 0 atom stereocenters. The maximum absolute atomic E-state index is 12.6. The zero-order valence-corrected chi connectivity index (χ0v) is 9.01. The first-order valence-electron chi connectivity index (χ1n) is 4.72. The van der Waals surface area contributed by atoms with Crippen molar-refractivity contribution in [1.82, 2.24) is 0 Å². The lowest BCUT2D eigenvalue weighted by Gasteiger charge is -2.16. The number of carbonyl (C=O) groups is 1. The van der Waals surface area contributed by atoms with Gasteiger partial charge in [-0.3, -0.25) is 0 Å². The molecule has 1 aromatic rings. The Kier molecular flexibility index (Phi) is 3.92. The predicted molar refractivity (Wildman–Crippen MR) is 53.1 cm³/mol. The lowest BCUT2D eigenvalue weighted by atomic mass is 9.99. The molecule has 0 aliphatic heterocycles. The first kappa shape index (κ1) is 15.1.